The first kappa shape index (κ1) is 31.4. The second-order valence-corrected chi connectivity index (χ2v) is 11.5. The first-order valence-corrected chi connectivity index (χ1v) is 14.4. The van der Waals surface area contributed by atoms with E-state index in [-0.39, 0.29) is 11.4 Å². The lowest BCUT2D eigenvalue weighted by Gasteiger charge is -2.21. The molecule has 4 heterocycles. The van der Waals surface area contributed by atoms with Crippen molar-refractivity contribution in [1.29, 1.82) is 0 Å². The van der Waals surface area contributed by atoms with Gasteiger partial charge in [0.2, 0.25) is 0 Å². The highest BCUT2D eigenvalue weighted by Gasteiger charge is 2.33. The summed E-state index contributed by atoms with van der Waals surface area (Å²) in [5, 5.41) is 8.62. The normalized spacial score (nSPS) is 12.0. The van der Waals surface area contributed by atoms with Crippen molar-refractivity contribution in [1.82, 2.24) is 24.1 Å². The number of hydrogen-bond acceptors (Lipinski definition) is 8. The maximum absolute atomic E-state index is 14.3. The van der Waals surface area contributed by atoms with Crippen molar-refractivity contribution < 1.29 is 32.6 Å². The molecule has 13 heteroatoms. The van der Waals surface area contributed by atoms with Crippen molar-refractivity contribution in [3.8, 4) is 5.75 Å². The van der Waals surface area contributed by atoms with E-state index in [4.69, 9.17) is 14.6 Å². The van der Waals surface area contributed by atoms with Crippen LogP contribution >= 0.6 is 0 Å². The van der Waals surface area contributed by atoms with E-state index in [0.717, 1.165) is 28.0 Å². The van der Waals surface area contributed by atoms with Crippen LogP contribution in [-0.4, -0.2) is 60.9 Å². The summed E-state index contributed by atoms with van der Waals surface area (Å²) < 4.78 is 46.6. The van der Waals surface area contributed by atoms with Crippen molar-refractivity contribution in [2.45, 2.75) is 59.1 Å². The average Bonchev–Trinajstić information content (AvgIpc) is 3.56. The highest BCUT2D eigenvalue weighted by atomic mass is 19.3. The highest BCUT2D eigenvalue weighted by molar-refractivity contribution is 6.08. The largest absolute Gasteiger partial charge is 0.509 e. The number of alkyl halides is 2. The number of fused-ring (bicyclic) bond motifs is 2. The third-order valence-corrected chi connectivity index (χ3v) is 6.65. The molecule has 5 aromatic rings. The number of carbonyl (C=O) groups excluding carboxylic acids is 2. The zero-order chi connectivity index (χ0) is 32.4. The van der Waals surface area contributed by atoms with Crippen LogP contribution in [0.25, 0.3) is 16.6 Å². The van der Waals surface area contributed by atoms with Gasteiger partial charge in [-0.1, -0.05) is 19.1 Å². The summed E-state index contributed by atoms with van der Waals surface area (Å²) in [6.07, 6.45) is 2.36. The van der Waals surface area contributed by atoms with Gasteiger partial charge in [0, 0.05) is 23.3 Å². The zero-order valence-corrected chi connectivity index (χ0v) is 25.6. The monoisotopic (exact) mass is 620 g/mol. The van der Waals surface area contributed by atoms with Crippen LogP contribution in [0.4, 0.5) is 19.3 Å². The summed E-state index contributed by atoms with van der Waals surface area (Å²) in [4.78, 5) is 33.9. The molecule has 0 bridgehead atoms. The number of benzene rings is 1. The van der Waals surface area contributed by atoms with Gasteiger partial charge in [-0.05, 0) is 64.4 Å². The summed E-state index contributed by atoms with van der Waals surface area (Å²) >= 11 is 0. The maximum atomic E-state index is 14.3. The van der Waals surface area contributed by atoms with E-state index in [2.05, 4.69) is 20.0 Å². The van der Waals surface area contributed by atoms with Crippen LogP contribution in [0.5, 0.6) is 5.75 Å². The molecule has 4 aromatic heterocycles. The molecule has 0 unspecified atom stereocenters. The molecule has 0 aliphatic rings. The quantitative estimate of drug-likeness (QED) is 0.183. The Hall–Kier alpha value is -5.07. The zero-order valence-electron chi connectivity index (χ0n) is 25.6. The number of amides is 1. The maximum Gasteiger partial charge on any atom is 0.509 e. The van der Waals surface area contributed by atoms with Gasteiger partial charge in [-0.15, -0.1) is 0 Å². The molecule has 0 fully saturated rings. The number of ether oxygens (including phenoxy) is 3. The first-order valence-electron chi connectivity index (χ1n) is 14.4. The Labute approximate surface area is 258 Å². The van der Waals surface area contributed by atoms with Crippen molar-refractivity contribution in [3.05, 3.63) is 83.7 Å². The molecule has 1 N–H and O–H groups in total. The predicted octanol–water partition coefficient (Wildman–Crippen LogP) is 6.22. The lowest BCUT2D eigenvalue weighted by atomic mass is 10.1. The lowest BCUT2D eigenvalue weighted by Crippen LogP contribution is -2.34. The minimum Gasteiger partial charge on any atom is -0.487 e. The van der Waals surface area contributed by atoms with Crippen LogP contribution in [0.15, 0.2) is 60.9 Å². The van der Waals surface area contributed by atoms with Crippen LogP contribution in [0.2, 0.25) is 0 Å². The summed E-state index contributed by atoms with van der Waals surface area (Å²) in [6.45, 7) is 6.97. The van der Waals surface area contributed by atoms with Gasteiger partial charge in [-0.25, -0.2) is 9.78 Å². The number of pyridine rings is 2. The molecule has 0 aliphatic carbocycles. The van der Waals surface area contributed by atoms with Gasteiger partial charge in [-0.2, -0.15) is 13.9 Å². The molecular formula is C32H34F2N6O5. The Kier molecular flexibility index (Phi) is 8.71. The van der Waals surface area contributed by atoms with Gasteiger partial charge >= 0.3 is 12.1 Å². The molecule has 0 aliphatic heterocycles. The topological polar surface area (TPSA) is 122 Å². The SMILES string of the molecule is CCc1nn(Cc2cccc(C)n2)c2cccc(NC(=O)c3cnc4cc(OCC(F)(F)COC(=O)OC(C)(C)C)ccn34)c12. The van der Waals surface area contributed by atoms with Gasteiger partial charge in [0.25, 0.3) is 5.91 Å². The smallest absolute Gasteiger partial charge is 0.487 e. The number of aromatic nitrogens is 5. The number of aryl methyl sites for hydroxylation is 2. The number of carbonyl (C=O) groups is 2. The Morgan fingerprint density at radius 1 is 1.04 bits per heavy atom. The van der Waals surface area contributed by atoms with Crippen molar-refractivity contribution in [3.63, 3.8) is 0 Å². The molecule has 236 valence electrons. The molecule has 45 heavy (non-hydrogen) atoms. The average molecular weight is 621 g/mol. The van der Waals surface area contributed by atoms with Gasteiger partial charge < -0.3 is 19.5 Å². The van der Waals surface area contributed by atoms with Crippen LogP contribution in [-0.2, 0) is 22.4 Å². The molecule has 0 saturated heterocycles. The molecule has 0 spiro atoms. The molecule has 1 aromatic carbocycles. The highest BCUT2D eigenvalue weighted by Crippen LogP contribution is 2.29. The van der Waals surface area contributed by atoms with E-state index < -0.39 is 36.8 Å². The van der Waals surface area contributed by atoms with Crippen molar-refractivity contribution in [2.75, 3.05) is 18.5 Å². The number of nitrogens with one attached hydrogen (secondary N) is 1. The third kappa shape index (κ3) is 7.54. The van der Waals surface area contributed by atoms with E-state index in [1.807, 2.05) is 54.9 Å². The summed E-state index contributed by atoms with van der Waals surface area (Å²) in [5.41, 5.74) is 3.78. The summed E-state index contributed by atoms with van der Waals surface area (Å²) in [7, 11) is 0. The fourth-order valence-corrected chi connectivity index (χ4v) is 4.70. The molecule has 0 radical (unpaired) electrons. The second-order valence-electron chi connectivity index (χ2n) is 11.5. The van der Waals surface area contributed by atoms with E-state index in [1.54, 1.807) is 20.8 Å². The van der Waals surface area contributed by atoms with Gasteiger partial charge in [0.1, 0.15) is 22.7 Å². The minimum absolute atomic E-state index is 0.102. The van der Waals surface area contributed by atoms with E-state index >= 15 is 0 Å². The number of halogens is 2. The van der Waals surface area contributed by atoms with E-state index in [1.165, 1.54) is 28.9 Å². The predicted molar refractivity (Wildman–Crippen MR) is 163 cm³/mol. The standard InChI is InChI=1S/C32H34F2N6O5/c1-6-23-28-24(11-8-12-25(28)40(38-23)17-21-10-7-9-20(2)36-21)37-29(41)26-16-35-27-15-22(13-14-39(26)27)43-18-32(33,34)19-44-30(42)45-31(3,4)5/h7-16H,6,17-19H2,1-5H3,(H,37,41). The Morgan fingerprint density at radius 3 is 2.56 bits per heavy atom. The fourth-order valence-electron chi connectivity index (χ4n) is 4.70. The molecular weight excluding hydrogens is 586 g/mol. The van der Waals surface area contributed by atoms with Crippen molar-refractivity contribution >= 4 is 34.3 Å². The molecule has 0 atom stereocenters. The summed E-state index contributed by atoms with van der Waals surface area (Å²) in [6, 6.07) is 14.3. The first-order chi connectivity index (χ1) is 21.3. The van der Waals surface area contributed by atoms with Crippen molar-refractivity contribution in [2.24, 2.45) is 0 Å². The van der Waals surface area contributed by atoms with Gasteiger partial charge in [0.05, 0.1) is 35.3 Å². The van der Waals surface area contributed by atoms with Crippen LogP contribution < -0.4 is 10.1 Å². The Morgan fingerprint density at radius 2 is 1.82 bits per heavy atom. The molecule has 5 rings (SSSR count). The number of hydrogen-bond donors (Lipinski definition) is 1. The van der Waals surface area contributed by atoms with Crippen LogP contribution in [0.1, 0.15) is 55.3 Å². The molecule has 0 saturated carbocycles. The Bertz CT molecular complexity index is 1860. The number of rotatable bonds is 10. The lowest BCUT2D eigenvalue weighted by molar-refractivity contribution is -0.101. The Balaban J connectivity index is 1.29. The van der Waals surface area contributed by atoms with E-state index in [9.17, 15) is 18.4 Å². The second kappa shape index (κ2) is 12.5. The number of imidazole rings is 1. The number of anilines is 1. The van der Waals surface area contributed by atoms with Crippen LogP contribution in [0.3, 0.4) is 0 Å². The van der Waals surface area contributed by atoms with E-state index in [0.29, 0.717) is 24.3 Å². The molecule has 11 nitrogen and oxygen atoms in total. The fraction of sp³-hybridized carbons (Fsp3) is 0.344. The number of nitrogens with zero attached hydrogens (tertiary/aromatic N) is 5. The van der Waals surface area contributed by atoms with Crippen LogP contribution in [0, 0.1) is 6.92 Å². The van der Waals surface area contributed by atoms with Gasteiger partial charge in [-0.3, -0.25) is 18.9 Å². The third-order valence-electron chi connectivity index (χ3n) is 6.65. The molecule has 1 amide bonds. The minimum atomic E-state index is -3.47. The van der Waals surface area contributed by atoms with Gasteiger partial charge in [0.15, 0.2) is 13.2 Å². The summed E-state index contributed by atoms with van der Waals surface area (Å²) in [5.74, 6) is -3.78.